The summed E-state index contributed by atoms with van der Waals surface area (Å²) in [6.07, 6.45) is 0.203. The van der Waals surface area contributed by atoms with Crippen LogP contribution < -0.4 is 5.32 Å². The Hall–Kier alpha value is -1.18. The largest absolute Gasteiger partial charge is 0.372 e. The molecule has 0 aliphatic carbocycles. The van der Waals surface area contributed by atoms with Crippen LogP contribution in [0, 0.1) is 0 Å². The number of morpholine rings is 1. The minimum Gasteiger partial charge on any atom is -0.372 e. The van der Waals surface area contributed by atoms with Gasteiger partial charge in [-0.2, -0.15) is 0 Å². The summed E-state index contributed by atoms with van der Waals surface area (Å²) in [5, 5.41) is 2.97. The summed E-state index contributed by atoms with van der Waals surface area (Å²) in [4.78, 5) is 31.0. The summed E-state index contributed by atoms with van der Waals surface area (Å²) in [5.74, 6) is 0.261. The number of amides is 2. The second-order valence-corrected chi connectivity index (χ2v) is 7.71. The lowest BCUT2D eigenvalue weighted by atomic mass is 10.2. The predicted octanol–water partition coefficient (Wildman–Crippen LogP) is 0.153. The van der Waals surface area contributed by atoms with Crippen LogP contribution in [0.4, 0.5) is 0 Å². The number of hydrogen-bond donors (Lipinski definition) is 1. The quantitative estimate of drug-likeness (QED) is 0.762. The fraction of sp³-hybridized carbons (Fsp3) is 0.889. The first-order valence-corrected chi connectivity index (χ1v) is 9.46. The average Bonchev–Trinajstić information content (AvgIpc) is 2.53. The minimum atomic E-state index is -0.124. The summed E-state index contributed by atoms with van der Waals surface area (Å²) in [6.45, 7) is 15.0. The number of piperazine rings is 1. The molecule has 2 saturated heterocycles. The van der Waals surface area contributed by atoms with E-state index in [0.29, 0.717) is 19.6 Å². The second-order valence-electron chi connectivity index (χ2n) is 7.71. The van der Waals surface area contributed by atoms with Crippen molar-refractivity contribution in [2.45, 2.75) is 58.9 Å². The van der Waals surface area contributed by atoms with Crippen LogP contribution in [-0.4, -0.2) is 96.6 Å². The van der Waals surface area contributed by atoms with Gasteiger partial charge in [-0.3, -0.25) is 19.4 Å². The van der Waals surface area contributed by atoms with E-state index in [0.717, 1.165) is 26.2 Å². The zero-order valence-electron chi connectivity index (χ0n) is 16.3. The van der Waals surface area contributed by atoms with Crippen molar-refractivity contribution >= 4 is 11.8 Å². The number of hydrogen-bond acceptors (Lipinski definition) is 5. The van der Waals surface area contributed by atoms with Gasteiger partial charge in [-0.15, -0.1) is 0 Å². The molecule has 0 aromatic carbocycles. The Morgan fingerprint density at radius 2 is 1.60 bits per heavy atom. The molecule has 2 heterocycles. The molecule has 3 atom stereocenters. The Bertz CT molecular complexity index is 453. The van der Waals surface area contributed by atoms with Crippen molar-refractivity contribution in [1.82, 2.24) is 20.0 Å². The summed E-state index contributed by atoms with van der Waals surface area (Å²) < 4.78 is 5.69. The van der Waals surface area contributed by atoms with E-state index in [1.165, 1.54) is 0 Å². The molecule has 7 heteroatoms. The molecule has 3 unspecified atom stereocenters. The molecule has 2 aliphatic heterocycles. The Morgan fingerprint density at radius 3 is 2.12 bits per heavy atom. The number of ether oxygens (including phenoxy) is 1. The molecule has 0 radical (unpaired) electrons. The molecule has 0 bridgehead atoms. The first-order chi connectivity index (χ1) is 11.8. The Balaban J connectivity index is 1.76. The molecule has 144 valence electrons. The third-order valence-electron chi connectivity index (χ3n) is 4.90. The highest BCUT2D eigenvalue weighted by Gasteiger charge is 2.29. The summed E-state index contributed by atoms with van der Waals surface area (Å²) >= 11 is 0. The van der Waals surface area contributed by atoms with Crippen LogP contribution in [-0.2, 0) is 14.3 Å². The lowest BCUT2D eigenvalue weighted by molar-refractivity contribution is -0.145. The Labute approximate surface area is 151 Å². The normalized spacial score (nSPS) is 27.4. The van der Waals surface area contributed by atoms with Crippen LogP contribution in [0.25, 0.3) is 0 Å². The molecule has 7 nitrogen and oxygen atoms in total. The van der Waals surface area contributed by atoms with Gasteiger partial charge in [-0.05, 0) is 34.6 Å². The summed E-state index contributed by atoms with van der Waals surface area (Å²) in [7, 11) is 0. The molecule has 2 amide bonds. The van der Waals surface area contributed by atoms with Crippen LogP contribution in [0.5, 0.6) is 0 Å². The molecular weight excluding hydrogens is 320 g/mol. The van der Waals surface area contributed by atoms with E-state index in [4.69, 9.17) is 4.74 Å². The highest BCUT2D eigenvalue weighted by molar-refractivity contribution is 5.81. The molecule has 0 spiro atoms. The number of carbonyl (C=O) groups excluding carboxylic acids is 2. The number of carbonyl (C=O) groups is 2. The van der Waals surface area contributed by atoms with E-state index < -0.39 is 0 Å². The summed E-state index contributed by atoms with van der Waals surface area (Å²) in [6, 6.07) is 0.0355. The first kappa shape index (κ1) is 20.1. The van der Waals surface area contributed by atoms with Crippen molar-refractivity contribution in [3.8, 4) is 0 Å². The van der Waals surface area contributed by atoms with Crippen molar-refractivity contribution in [2.24, 2.45) is 0 Å². The first-order valence-electron chi connectivity index (χ1n) is 9.46. The average molecular weight is 354 g/mol. The van der Waals surface area contributed by atoms with E-state index in [2.05, 4.69) is 15.1 Å². The third kappa shape index (κ3) is 5.94. The summed E-state index contributed by atoms with van der Waals surface area (Å²) in [5.41, 5.74) is 0. The Kier molecular flexibility index (Phi) is 7.22. The van der Waals surface area contributed by atoms with Crippen LogP contribution in [0.3, 0.4) is 0 Å². The van der Waals surface area contributed by atoms with Gasteiger partial charge in [0.05, 0.1) is 24.8 Å². The smallest absolute Gasteiger partial charge is 0.237 e. The molecule has 1 N–H and O–H groups in total. The van der Waals surface area contributed by atoms with Crippen LogP contribution >= 0.6 is 0 Å². The molecule has 25 heavy (non-hydrogen) atoms. The van der Waals surface area contributed by atoms with Gasteiger partial charge in [0.2, 0.25) is 11.8 Å². The number of nitrogens with zero attached hydrogens (tertiary/aromatic N) is 3. The van der Waals surface area contributed by atoms with Gasteiger partial charge in [-0.25, -0.2) is 0 Å². The standard InChI is InChI=1S/C18H34N4O3/c1-13(2)19-18(24)16(5)21-8-6-20(7-9-21)12-17(23)22-10-14(3)25-15(4)11-22/h13-16H,6-12H2,1-5H3,(H,19,24). The zero-order chi connectivity index (χ0) is 18.6. The molecule has 0 aromatic heterocycles. The Morgan fingerprint density at radius 1 is 1.04 bits per heavy atom. The van der Waals surface area contributed by atoms with Crippen molar-refractivity contribution in [3.63, 3.8) is 0 Å². The molecule has 2 aliphatic rings. The topological polar surface area (TPSA) is 65.1 Å². The molecule has 0 aromatic rings. The highest BCUT2D eigenvalue weighted by Crippen LogP contribution is 2.12. The highest BCUT2D eigenvalue weighted by atomic mass is 16.5. The van der Waals surface area contributed by atoms with Crippen molar-refractivity contribution in [1.29, 1.82) is 0 Å². The van der Waals surface area contributed by atoms with Crippen molar-refractivity contribution in [3.05, 3.63) is 0 Å². The SMILES string of the molecule is CC(C)NC(=O)C(C)N1CCN(CC(=O)N2CC(C)OC(C)C2)CC1. The molecule has 2 rings (SSSR count). The van der Waals surface area contributed by atoms with Gasteiger partial charge in [0.25, 0.3) is 0 Å². The second kappa shape index (κ2) is 8.96. The van der Waals surface area contributed by atoms with E-state index in [1.54, 1.807) is 0 Å². The fourth-order valence-corrected chi connectivity index (χ4v) is 3.55. The van der Waals surface area contributed by atoms with E-state index >= 15 is 0 Å². The molecule has 0 saturated carbocycles. The van der Waals surface area contributed by atoms with Gasteiger partial charge in [0, 0.05) is 45.3 Å². The van der Waals surface area contributed by atoms with Crippen molar-refractivity contribution in [2.75, 3.05) is 45.8 Å². The van der Waals surface area contributed by atoms with Crippen LogP contribution in [0.15, 0.2) is 0 Å². The van der Waals surface area contributed by atoms with Crippen molar-refractivity contribution < 1.29 is 14.3 Å². The van der Waals surface area contributed by atoms with Gasteiger partial charge in [0.15, 0.2) is 0 Å². The predicted molar refractivity (Wildman–Crippen MR) is 97.3 cm³/mol. The maximum absolute atomic E-state index is 12.6. The number of nitrogens with one attached hydrogen (secondary N) is 1. The molecule has 2 fully saturated rings. The lowest BCUT2D eigenvalue weighted by Crippen LogP contribution is -2.57. The zero-order valence-corrected chi connectivity index (χ0v) is 16.3. The van der Waals surface area contributed by atoms with Crippen LogP contribution in [0.1, 0.15) is 34.6 Å². The maximum Gasteiger partial charge on any atom is 0.237 e. The van der Waals surface area contributed by atoms with E-state index in [9.17, 15) is 9.59 Å². The third-order valence-corrected chi connectivity index (χ3v) is 4.90. The molecular formula is C18H34N4O3. The van der Waals surface area contributed by atoms with Crippen LogP contribution in [0.2, 0.25) is 0 Å². The minimum absolute atomic E-state index is 0.0795. The van der Waals surface area contributed by atoms with Gasteiger partial charge >= 0.3 is 0 Å². The number of rotatable bonds is 5. The van der Waals surface area contributed by atoms with E-state index in [1.807, 2.05) is 39.5 Å². The maximum atomic E-state index is 12.6. The fourth-order valence-electron chi connectivity index (χ4n) is 3.55. The lowest BCUT2D eigenvalue weighted by Gasteiger charge is -2.39. The van der Waals surface area contributed by atoms with E-state index in [-0.39, 0.29) is 36.1 Å². The van der Waals surface area contributed by atoms with Gasteiger partial charge < -0.3 is 15.0 Å². The van der Waals surface area contributed by atoms with Gasteiger partial charge in [-0.1, -0.05) is 0 Å². The monoisotopic (exact) mass is 354 g/mol. The van der Waals surface area contributed by atoms with Gasteiger partial charge in [0.1, 0.15) is 0 Å².